The topological polar surface area (TPSA) is 75.6 Å². The third-order valence-corrected chi connectivity index (χ3v) is 4.58. The van der Waals surface area contributed by atoms with Crippen LogP contribution in [0.25, 0.3) is 0 Å². The fraction of sp³-hybridized carbons (Fsp3) is 0.579. The van der Waals surface area contributed by atoms with Crippen LogP contribution in [0.4, 0.5) is 0 Å². The molecule has 2 N–H and O–H groups in total. The van der Waals surface area contributed by atoms with Crippen LogP contribution < -0.4 is 5.32 Å². The molecule has 0 radical (unpaired) electrons. The molecule has 2 rings (SSSR count). The van der Waals surface area contributed by atoms with E-state index < -0.39 is 11.5 Å². The number of nitrogens with one attached hydrogen (secondary N) is 1. The van der Waals surface area contributed by atoms with Gasteiger partial charge in [-0.05, 0) is 44.6 Å². The Bertz CT molecular complexity index is 547. The lowest BCUT2D eigenvalue weighted by molar-refractivity contribution is -0.140. The van der Waals surface area contributed by atoms with Gasteiger partial charge in [0.15, 0.2) is 0 Å². The summed E-state index contributed by atoms with van der Waals surface area (Å²) in [5.74, 6) is -0.932. The number of hydrogen-bond acceptors (Lipinski definition) is 3. The van der Waals surface area contributed by atoms with Crippen LogP contribution in [0.5, 0.6) is 0 Å². The summed E-state index contributed by atoms with van der Waals surface area (Å²) in [6, 6.07) is 8.45. The molecule has 24 heavy (non-hydrogen) atoms. The van der Waals surface area contributed by atoms with Gasteiger partial charge < -0.3 is 15.2 Å². The molecule has 1 saturated heterocycles. The number of aliphatic carboxylic acids is 1. The minimum atomic E-state index is -0.878. The molecule has 5 nitrogen and oxygen atoms in total. The first-order valence-electron chi connectivity index (χ1n) is 8.65. The van der Waals surface area contributed by atoms with E-state index in [1.807, 2.05) is 0 Å². The Kier molecular flexibility index (Phi) is 6.79. The highest BCUT2D eigenvalue weighted by molar-refractivity contribution is 5.78. The van der Waals surface area contributed by atoms with Gasteiger partial charge in [-0.15, -0.1) is 0 Å². The van der Waals surface area contributed by atoms with Gasteiger partial charge in [0.2, 0.25) is 5.91 Å². The maximum absolute atomic E-state index is 12.2. The lowest BCUT2D eigenvalue weighted by Gasteiger charge is -2.36. The zero-order valence-corrected chi connectivity index (χ0v) is 14.3. The smallest absolute Gasteiger partial charge is 0.305 e. The first-order valence-corrected chi connectivity index (χ1v) is 8.65. The molecule has 1 aliphatic rings. The second kappa shape index (κ2) is 8.83. The van der Waals surface area contributed by atoms with E-state index in [9.17, 15) is 9.59 Å². The van der Waals surface area contributed by atoms with Crippen molar-refractivity contribution < 1.29 is 19.4 Å². The highest BCUT2D eigenvalue weighted by atomic mass is 16.5. The summed E-state index contributed by atoms with van der Waals surface area (Å²) in [7, 11) is 0. The minimum Gasteiger partial charge on any atom is -0.481 e. The fourth-order valence-corrected chi connectivity index (χ4v) is 3.13. The van der Waals surface area contributed by atoms with Crippen LogP contribution in [0, 0.1) is 6.92 Å². The summed E-state index contributed by atoms with van der Waals surface area (Å²) in [4.78, 5) is 23.3. The van der Waals surface area contributed by atoms with E-state index in [1.54, 1.807) is 0 Å². The van der Waals surface area contributed by atoms with Crippen molar-refractivity contribution in [2.45, 2.75) is 57.4 Å². The van der Waals surface area contributed by atoms with Crippen molar-refractivity contribution in [3.05, 3.63) is 35.4 Å². The van der Waals surface area contributed by atoms with Crippen LogP contribution in [0.15, 0.2) is 24.3 Å². The molecule has 1 amide bonds. The Morgan fingerprint density at radius 1 is 1.17 bits per heavy atom. The van der Waals surface area contributed by atoms with Crippen molar-refractivity contribution in [3.8, 4) is 0 Å². The second-order valence-corrected chi connectivity index (χ2v) is 6.70. The Hall–Kier alpha value is -1.88. The van der Waals surface area contributed by atoms with Crippen LogP contribution in [0.2, 0.25) is 0 Å². The van der Waals surface area contributed by atoms with Gasteiger partial charge in [-0.25, -0.2) is 0 Å². The minimum absolute atomic E-state index is 0.0362. The maximum atomic E-state index is 12.2. The number of carbonyl (C=O) groups is 2. The molecule has 0 aliphatic carbocycles. The summed E-state index contributed by atoms with van der Waals surface area (Å²) >= 11 is 0. The Morgan fingerprint density at radius 2 is 1.83 bits per heavy atom. The third-order valence-electron chi connectivity index (χ3n) is 4.58. The SMILES string of the molecule is Cc1ccc(CCCCC(=O)NC2(CC(=O)O)CCOCC2)cc1. The molecule has 132 valence electrons. The van der Waals surface area contributed by atoms with E-state index >= 15 is 0 Å². The summed E-state index contributed by atoms with van der Waals surface area (Å²) in [5, 5.41) is 12.1. The molecule has 1 heterocycles. The zero-order chi connectivity index (χ0) is 17.4. The third kappa shape index (κ3) is 5.96. The molecular formula is C19H27NO4. The molecule has 1 fully saturated rings. The van der Waals surface area contributed by atoms with Gasteiger partial charge in [0.05, 0.1) is 12.0 Å². The number of carboxylic acids is 1. The number of unbranched alkanes of at least 4 members (excludes halogenated alkanes) is 1. The van der Waals surface area contributed by atoms with E-state index in [1.165, 1.54) is 11.1 Å². The lowest BCUT2D eigenvalue weighted by atomic mass is 9.86. The normalized spacial score (nSPS) is 16.5. The monoisotopic (exact) mass is 333 g/mol. The van der Waals surface area contributed by atoms with E-state index in [4.69, 9.17) is 9.84 Å². The number of benzene rings is 1. The van der Waals surface area contributed by atoms with Gasteiger partial charge >= 0.3 is 5.97 Å². The first kappa shape index (κ1) is 18.5. The van der Waals surface area contributed by atoms with Crippen molar-refractivity contribution in [2.75, 3.05) is 13.2 Å². The standard InChI is InChI=1S/C19H27NO4/c1-15-6-8-16(9-7-15)4-2-3-5-17(21)20-19(14-18(22)23)10-12-24-13-11-19/h6-9H,2-5,10-14H2,1H3,(H,20,21)(H,22,23). The first-order chi connectivity index (χ1) is 11.5. The molecule has 0 bridgehead atoms. The molecule has 0 atom stereocenters. The van der Waals surface area contributed by atoms with Gasteiger partial charge in [0, 0.05) is 19.6 Å². The number of amides is 1. The number of carbonyl (C=O) groups excluding carboxylic acids is 1. The molecule has 0 aromatic heterocycles. The predicted octanol–water partition coefficient (Wildman–Crippen LogP) is 2.85. The van der Waals surface area contributed by atoms with Crippen molar-refractivity contribution in [1.82, 2.24) is 5.32 Å². The van der Waals surface area contributed by atoms with Gasteiger partial charge in [-0.3, -0.25) is 9.59 Å². The summed E-state index contributed by atoms with van der Waals surface area (Å²) in [5.41, 5.74) is 1.89. The zero-order valence-electron chi connectivity index (χ0n) is 14.3. The van der Waals surface area contributed by atoms with Crippen molar-refractivity contribution in [2.24, 2.45) is 0 Å². The highest BCUT2D eigenvalue weighted by Gasteiger charge is 2.36. The number of carboxylic acid groups (broad SMARTS) is 1. The van der Waals surface area contributed by atoms with Gasteiger partial charge in [-0.2, -0.15) is 0 Å². The largest absolute Gasteiger partial charge is 0.481 e. The molecule has 5 heteroatoms. The number of rotatable bonds is 8. The Labute approximate surface area is 143 Å². The van der Waals surface area contributed by atoms with E-state index in [2.05, 4.69) is 36.5 Å². The van der Waals surface area contributed by atoms with Gasteiger partial charge in [0.25, 0.3) is 0 Å². The molecular weight excluding hydrogens is 306 g/mol. The lowest BCUT2D eigenvalue weighted by Crippen LogP contribution is -2.53. The average molecular weight is 333 g/mol. The molecule has 0 saturated carbocycles. The summed E-state index contributed by atoms with van der Waals surface area (Å²) in [6.07, 6.45) is 4.24. The van der Waals surface area contributed by atoms with Gasteiger partial charge in [0.1, 0.15) is 0 Å². The van der Waals surface area contributed by atoms with Crippen LogP contribution in [-0.2, 0) is 20.7 Å². The van der Waals surface area contributed by atoms with Crippen molar-refractivity contribution >= 4 is 11.9 Å². The molecule has 0 spiro atoms. The predicted molar refractivity (Wildman–Crippen MR) is 91.9 cm³/mol. The van der Waals surface area contributed by atoms with E-state index in [-0.39, 0.29) is 12.3 Å². The maximum Gasteiger partial charge on any atom is 0.305 e. The van der Waals surface area contributed by atoms with Crippen molar-refractivity contribution in [3.63, 3.8) is 0 Å². The molecule has 1 aromatic rings. The quantitative estimate of drug-likeness (QED) is 0.717. The van der Waals surface area contributed by atoms with Crippen LogP contribution in [-0.4, -0.2) is 35.7 Å². The molecule has 1 aromatic carbocycles. The second-order valence-electron chi connectivity index (χ2n) is 6.70. The van der Waals surface area contributed by atoms with Crippen LogP contribution in [0.1, 0.15) is 49.7 Å². The van der Waals surface area contributed by atoms with Crippen LogP contribution in [0.3, 0.4) is 0 Å². The average Bonchev–Trinajstić information content (AvgIpc) is 2.53. The number of aryl methyl sites for hydroxylation is 2. The van der Waals surface area contributed by atoms with Crippen molar-refractivity contribution in [1.29, 1.82) is 0 Å². The number of hydrogen-bond donors (Lipinski definition) is 2. The Balaban J connectivity index is 1.74. The number of ether oxygens (including phenoxy) is 1. The van der Waals surface area contributed by atoms with Gasteiger partial charge in [-0.1, -0.05) is 29.8 Å². The Morgan fingerprint density at radius 3 is 2.46 bits per heavy atom. The fourth-order valence-electron chi connectivity index (χ4n) is 3.13. The van der Waals surface area contributed by atoms with Crippen LogP contribution >= 0.6 is 0 Å². The van der Waals surface area contributed by atoms with E-state index in [0.29, 0.717) is 32.5 Å². The molecule has 1 aliphatic heterocycles. The molecule has 0 unspecified atom stereocenters. The summed E-state index contributed by atoms with van der Waals surface area (Å²) in [6.45, 7) is 3.07. The highest BCUT2D eigenvalue weighted by Crippen LogP contribution is 2.25. The van der Waals surface area contributed by atoms with E-state index in [0.717, 1.165) is 19.3 Å². The summed E-state index contributed by atoms with van der Waals surface area (Å²) < 4.78 is 5.30.